The van der Waals surface area contributed by atoms with Crippen molar-refractivity contribution in [3.05, 3.63) is 35.4 Å². The summed E-state index contributed by atoms with van der Waals surface area (Å²) in [6.07, 6.45) is -0.787. The van der Waals surface area contributed by atoms with E-state index >= 15 is 0 Å². The molecule has 0 amide bonds. The highest BCUT2D eigenvalue weighted by Gasteiger charge is 2.13. The van der Waals surface area contributed by atoms with Crippen LogP contribution in [0.5, 0.6) is 0 Å². The van der Waals surface area contributed by atoms with Crippen LogP contribution < -0.4 is 5.73 Å². The van der Waals surface area contributed by atoms with Gasteiger partial charge >= 0.3 is 0 Å². The van der Waals surface area contributed by atoms with Crippen LogP contribution in [0.1, 0.15) is 18.5 Å². The highest BCUT2D eigenvalue weighted by atomic mass is 35.5. The van der Waals surface area contributed by atoms with Crippen molar-refractivity contribution in [2.45, 2.75) is 19.1 Å². The molecule has 0 aromatic heterocycles. The Kier molecular flexibility index (Phi) is 4.97. The minimum Gasteiger partial charge on any atom is -0.391 e. The van der Waals surface area contributed by atoms with Gasteiger partial charge in [0.25, 0.3) is 0 Å². The Morgan fingerprint density at radius 1 is 1.29 bits per heavy atom. The van der Waals surface area contributed by atoms with Crippen molar-refractivity contribution >= 4 is 12.4 Å². The molecule has 0 unspecified atom stereocenters. The maximum absolute atomic E-state index is 12.7. The molecule has 2 nitrogen and oxygen atoms in total. The molecule has 14 heavy (non-hydrogen) atoms. The van der Waals surface area contributed by atoms with Crippen LogP contribution in [0.3, 0.4) is 0 Å². The number of benzene rings is 1. The highest BCUT2D eigenvalue weighted by Crippen LogP contribution is 2.16. The molecule has 0 aliphatic rings. The standard InChI is InChI=1S/C9H11F2NO.ClH/c1-5(13)9(12)6-2-3-7(10)8(11)4-6;/h2-5,9,13H,12H2,1H3;1H/t5-,9+;/m1./s1. The third-order valence-corrected chi connectivity index (χ3v) is 1.85. The third-order valence-electron chi connectivity index (χ3n) is 1.85. The second kappa shape index (κ2) is 5.24. The van der Waals surface area contributed by atoms with Gasteiger partial charge in [-0.1, -0.05) is 6.07 Å². The molecule has 0 aliphatic heterocycles. The van der Waals surface area contributed by atoms with Crippen LogP contribution in [0, 0.1) is 11.6 Å². The summed E-state index contributed by atoms with van der Waals surface area (Å²) >= 11 is 0. The van der Waals surface area contributed by atoms with E-state index in [1.165, 1.54) is 13.0 Å². The molecule has 3 N–H and O–H groups in total. The first kappa shape index (κ1) is 13.3. The zero-order valence-corrected chi connectivity index (χ0v) is 8.39. The molecule has 0 spiro atoms. The quantitative estimate of drug-likeness (QED) is 0.803. The van der Waals surface area contributed by atoms with Crippen molar-refractivity contribution in [3.8, 4) is 0 Å². The molecule has 1 aromatic rings. The summed E-state index contributed by atoms with van der Waals surface area (Å²) in [6.45, 7) is 1.49. The Bertz CT molecular complexity index is 307. The van der Waals surface area contributed by atoms with Gasteiger partial charge in [-0.3, -0.25) is 0 Å². The van der Waals surface area contributed by atoms with Crippen molar-refractivity contribution in [3.63, 3.8) is 0 Å². The van der Waals surface area contributed by atoms with Crippen molar-refractivity contribution in [2.24, 2.45) is 5.73 Å². The van der Waals surface area contributed by atoms with Crippen LogP contribution in [0.2, 0.25) is 0 Å². The molecule has 0 fully saturated rings. The first-order valence-electron chi connectivity index (χ1n) is 3.91. The van der Waals surface area contributed by atoms with Gasteiger partial charge < -0.3 is 10.8 Å². The van der Waals surface area contributed by atoms with Gasteiger partial charge in [0.1, 0.15) is 0 Å². The monoisotopic (exact) mass is 223 g/mol. The van der Waals surface area contributed by atoms with Crippen molar-refractivity contribution in [2.75, 3.05) is 0 Å². The first-order valence-corrected chi connectivity index (χ1v) is 3.91. The lowest BCUT2D eigenvalue weighted by atomic mass is 10.0. The molecule has 2 atom stereocenters. The zero-order valence-electron chi connectivity index (χ0n) is 7.58. The van der Waals surface area contributed by atoms with E-state index < -0.39 is 23.8 Å². The van der Waals surface area contributed by atoms with E-state index in [0.29, 0.717) is 5.56 Å². The number of aliphatic hydroxyl groups excluding tert-OH is 1. The normalized spacial score (nSPS) is 14.4. The molecule has 80 valence electrons. The SMILES string of the molecule is C[C@@H](O)[C@H](N)c1ccc(F)c(F)c1.Cl. The third kappa shape index (κ3) is 2.90. The Morgan fingerprint density at radius 3 is 2.29 bits per heavy atom. The van der Waals surface area contributed by atoms with Crippen LogP contribution in [0.15, 0.2) is 18.2 Å². The van der Waals surface area contributed by atoms with E-state index in [0.717, 1.165) is 12.1 Å². The summed E-state index contributed by atoms with van der Waals surface area (Å²) in [4.78, 5) is 0. The van der Waals surface area contributed by atoms with Gasteiger partial charge in [-0.05, 0) is 24.6 Å². The number of nitrogens with two attached hydrogens (primary N) is 1. The minimum absolute atomic E-state index is 0. The molecule has 0 bridgehead atoms. The second-order valence-corrected chi connectivity index (χ2v) is 2.94. The Labute approximate surface area is 87.1 Å². The number of aliphatic hydroxyl groups is 1. The number of halogens is 3. The topological polar surface area (TPSA) is 46.2 Å². The van der Waals surface area contributed by atoms with E-state index in [2.05, 4.69) is 0 Å². The summed E-state index contributed by atoms with van der Waals surface area (Å²) in [5, 5.41) is 9.09. The van der Waals surface area contributed by atoms with Crippen LogP contribution in [-0.4, -0.2) is 11.2 Å². The van der Waals surface area contributed by atoms with Gasteiger partial charge in [0, 0.05) is 0 Å². The van der Waals surface area contributed by atoms with Crippen molar-refractivity contribution in [1.29, 1.82) is 0 Å². The van der Waals surface area contributed by atoms with Crippen LogP contribution in [0.4, 0.5) is 8.78 Å². The van der Waals surface area contributed by atoms with Crippen molar-refractivity contribution < 1.29 is 13.9 Å². The molecular formula is C9H12ClF2NO. The van der Waals surface area contributed by atoms with Crippen LogP contribution in [-0.2, 0) is 0 Å². The summed E-state index contributed by atoms with van der Waals surface area (Å²) in [7, 11) is 0. The van der Waals surface area contributed by atoms with Gasteiger partial charge in [-0.15, -0.1) is 12.4 Å². The fraction of sp³-hybridized carbons (Fsp3) is 0.333. The molecule has 0 radical (unpaired) electrons. The fourth-order valence-corrected chi connectivity index (χ4v) is 0.998. The van der Waals surface area contributed by atoms with E-state index in [-0.39, 0.29) is 12.4 Å². The van der Waals surface area contributed by atoms with Crippen LogP contribution in [0.25, 0.3) is 0 Å². The van der Waals surface area contributed by atoms with E-state index in [1.807, 2.05) is 0 Å². The van der Waals surface area contributed by atoms with Gasteiger partial charge in [0.05, 0.1) is 12.1 Å². The van der Waals surface area contributed by atoms with Gasteiger partial charge in [0.2, 0.25) is 0 Å². The zero-order chi connectivity index (χ0) is 10.0. The summed E-state index contributed by atoms with van der Waals surface area (Å²) < 4.78 is 25.2. The van der Waals surface area contributed by atoms with Gasteiger partial charge in [-0.2, -0.15) is 0 Å². The molecule has 1 rings (SSSR count). The summed E-state index contributed by atoms with van der Waals surface area (Å²) in [6, 6.07) is 2.66. The van der Waals surface area contributed by atoms with Crippen molar-refractivity contribution in [1.82, 2.24) is 0 Å². The highest BCUT2D eigenvalue weighted by molar-refractivity contribution is 5.85. The van der Waals surface area contributed by atoms with Gasteiger partial charge in [0.15, 0.2) is 11.6 Å². The maximum Gasteiger partial charge on any atom is 0.159 e. The molecular weight excluding hydrogens is 212 g/mol. The first-order chi connectivity index (χ1) is 6.02. The maximum atomic E-state index is 12.7. The lowest BCUT2D eigenvalue weighted by molar-refractivity contribution is 0.164. The molecule has 0 saturated carbocycles. The largest absolute Gasteiger partial charge is 0.391 e. The average Bonchev–Trinajstić information content (AvgIpc) is 2.08. The fourth-order valence-electron chi connectivity index (χ4n) is 0.998. The van der Waals surface area contributed by atoms with Gasteiger partial charge in [-0.25, -0.2) is 8.78 Å². The van der Waals surface area contributed by atoms with E-state index in [9.17, 15) is 8.78 Å². The molecule has 0 heterocycles. The molecule has 0 aliphatic carbocycles. The number of hydrogen-bond donors (Lipinski definition) is 2. The predicted octanol–water partition coefficient (Wildman–Crippen LogP) is 1.77. The summed E-state index contributed by atoms with van der Waals surface area (Å²) in [5.74, 6) is -1.87. The Hall–Kier alpha value is -0.710. The van der Waals surface area contributed by atoms with Crippen LogP contribution >= 0.6 is 12.4 Å². The Morgan fingerprint density at radius 2 is 1.86 bits per heavy atom. The van der Waals surface area contributed by atoms with E-state index in [4.69, 9.17) is 10.8 Å². The molecule has 1 aromatic carbocycles. The average molecular weight is 224 g/mol. The molecule has 5 heteroatoms. The number of hydrogen-bond acceptors (Lipinski definition) is 2. The second-order valence-electron chi connectivity index (χ2n) is 2.94. The minimum atomic E-state index is -0.950. The lowest BCUT2D eigenvalue weighted by Gasteiger charge is -2.14. The number of rotatable bonds is 2. The summed E-state index contributed by atoms with van der Waals surface area (Å²) in [5.41, 5.74) is 5.90. The molecule has 0 saturated heterocycles. The Balaban J connectivity index is 0.00000169. The predicted molar refractivity (Wildman–Crippen MR) is 52.2 cm³/mol. The smallest absolute Gasteiger partial charge is 0.159 e. The van der Waals surface area contributed by atoms with E-state index in [1.54, 1.807) is 0 Å². The lowest BCUT2D eigenvalue weighted by Crippen LogP contribution is -2.23.